The lowest BCUT2D eigenvalue weighted by Gasteiger charge is -2.15. The van der Waals surface area contributed by atoms with E-state index in [0.717, 1.165) is 0 Å². The molecule has 0 saturated carbocycles. The molecule has 2 atom stereocenters. The van der Waals surface area contributed by atoms with Gasteiger partial charge in [0.1, 0.15) is 6.04 Å². The minimum absolute atomic E-state index is 0.938. The molecule has 0 unspecified atom stereocenters. The van der Waals surface area contributed by atoms with Gasteiger partial charge in [0.05, 0.1) is 6.10 Å². The van der Waals surface area contributed by atoms with Crippen LogP contribution in [0.4, 0.5) is 0 Å². The van der Waals surface area contributed by atoms with Crippen LogP contribution in [0, 0.1) is 0 Å². The number of carboxylic acids is 1. The molecule has 0 aliphatic rings. The zero-order chi connectivity index (χ0) is 9.02. The second-order valence-corrected chi connectivity index (χ2v) is 2.03. The first kappa shape index (κ1) is 10.4. The van der Waals surface area contributed by atoms with Crippen LogP contribution in [0.1, 0.15) is 6.92 Å². The van der Waals surface area contributed by atoms with Gasteiger partial charge in [-0.3, -0.25) is 4.79 Å². The quantitative estimate of drug-likeness (QED) is 0.349. The molecule has 0 aromatic carbocycles. The summed E-state index contributed by atoms with van der Waals surface area (Å²) in [6, 6.07) is -1.25. The van der Waals surface area contributed by atoms with Gasteiger partial charge < -0.3 is 25.5 Å². The highest BCUT2D eigenvalue weighted by molar-refractivity contribution is 6.32. The first-order chi connectivity index (χ1) is 4.95. The minimum atomic E-state index is -1.99. The van der Waals surface area contributed by atoms with E-state index in [2.05, 4.69) is 4.65 Å². The SMILES string of the molecule is C[C@@H](OB(O)O)[C@H](N)C(=O)O. The summed E-state index contributed by atoms with van der Waals surface area (Å²) >= 11 is 0. The molecule has 0 aliphatic carbocycles. The van der Waals surface area contributed by atoms with Crippen molar-refractivity contribution in [2.24, 2.45) is 5.73 Å². The highest BCUT2D eigenvalue weighted by Gasteiger charge is 2.24. The van der Waals surface area contributed by atoms with E-state index in [-0.39, 0.29) is 0 Å². The fourth-order valence-electron chi connectivity index (χ4n) is 0.477. The van der Waals surface area contributed by atoms with Gasteiger partial charge in [0, 0.05) is 0 Å². The third-order valence-electron chi connectivity index (χ3n) is 1.13. The molecule has 0 bridgehead atoms. The molecule has 0 aromatic heterocycles. The highest BCUT2D eigenvalue weighted by atomic mass is 16.6. The van der Waals surface area contributed by atoms with Crippen molar-refractivity contribution in [3.8, 4) is 0 Å². The van der Waals surface area contributed by atoms with Crippen molar-refractivity contribution in [2.45, 2.75) is 19.1 Å². The number of hydrogen-bond acceptors (Lipinski definition) is 5. The maximum Gasteiger partial charge on any atom is 0.634 e. The Morgan fingerprint density at radius 3 is 2.36 bits per heavy atom. The first-order valence-electron chi connectivity index (χ1n) is 2.95. The number of hydrogen-bond donors (Lipinski definition) is 4. The molecule has 0 saturated heterocycles. The predicted octanol–water partition coefficient (Wildman–Crippen LogP) is -2.23. The summed E-state index contributed by atoms with van der Waals surface area (Å²) in [4.78, 5) is 10.2. The summed E-state index contributed by atoms with van der Waals surface area (Å²) < 4.78 is 4.28. The lowest BCUT2D eigenvalue weighted by molar-refractivity contribution is -0.140. The normalized spacial score (nSPS) is 15.6. The third kappa shape index (κ3) is 3.94. The second kappa shape index (κ2) is 4.29. The van der Waals surface area contributed by atoms with Gasteiger partial charge in [-0.25, -0.2) is 0 Å². The Morgan fingerprint density at radius 2 is 2.09 bits per heavy atom. The Balaban J connectivity index is 3.82. The van der Waals surface area contributed by atoms with Crippen molar-refractivity contribution < 1.29 is 24.6 Å². The summed E-state index contributed by atoms with van der Waals surface area (Å²) in [7, 11) is -1.99. The molecule has 0 aliphatic heterocycles. The van der Waals surface area contributed by atoms with Gasteiger partial charge in [-0.05, 0) is 6.92 Å². The molecular formula is C4H10BNO5. The molecule has 0 amide bonds. The monoisotopic (exact) mass is 163 g/mol. The maximum absolute atomic E-state index is 10.2. The van der Waals surface area contributed by atoms with Crippen LogP contribution in [0.5, 0.6) is 0 Å². The Labute approximate surface area is 63.8 Å². The molecule has 5 N–H and O–H groups in total. The van der Waals surface area contributed by atoms with Gasteiger partial charge in [-0.15, -0.1) is 0 Å². The number of nitrogens with two attached hydrogens (primary N) is 1. The average molecular weight is 163 g/mol. The van der Waals surface area contributed by atoms with Crippen molar-refractivity contribution in [1.82, 2.24) is 0 Å². The van der Waals surface area contributed by atoms with Crippen LogP contribution in [0.2, 0.25) is 0 Å². The fourth-order valence-corrected chi connectivity index (χ4v) is 0.477. The zero-order valence-electron chi connectivity index (χ0n) is 5.97. The number of aliphatic carboxylic acids is 1. The summed E-state index contributed by atoms with van der Waals surface area (Å²) in [5.74, 6) is -1.25. The van der Waals surface area contributed by atoms with Crippen molar-refractivity contribution in [1.29, 1.82) is 0 Å². The van der Waals surface area contributed by atoms with Crippen molar-refractivity contribution >= 4 is 13.3 Å². The maximum atomic E-state index is 10.2. The van der Waals surface area contributed by atoms with Gasteiger partial charge in [0.15, 0.2) is 0 Å². The lowest BCUT2D eigenvalue weighted by Crippen LogP contribution is -2.44. The van der Waals surface area contributed by atoms with E-state index in [0.29, 0.717) is 0 Å². The van der Waals surface area contributed by atoms with Gasteiger partial charge in [0.25, 0.3) is 0 Å². The summed E-state index contributed by atoms with van der Waals surface area (Å²) in [5.41, 5.74) is 5.06. The molecule has 0 aromatic rings. The Kier molecular flexibility index (Phi) is 4.05. The molecule has 0 rings (SSSR count). The highest BCUT2D eigenvalue weighted by Crippen LogP contribution is 1.96. The van der Waals surface area contributed by atoms with Crippen LogP contribution in [0.3, 0.4) is 0 Å². The van der Waals surface area contributed by atoms with E-state index in [1.54, 1.807) is 0 Å². The van der Waals surface area contributed by atoms with Crippen LogP contribution in [0.15, 0.2) is 0 Å². The summed E-state index contributed by atoms with van der Waals surface area (Å²) in [6.45, 7) is 1.33. The van der Waals surface area contributed by atoms with Gasteiger partial charge in [-0.1, -0.05) is 0 Å². The molecule has 11 heavy (non-hydrogen) atoms. The Bertz CT molecular complexity index is 140. The van der Waals surface area contributed by atoms with Crippen molar-refractivity contribution in [3.63, 3.8) is 0 Å². The van der Waals surface area contributed by atoms with Gasteiger partial charge >= 0.3 is 13.3 Å². The van der Waals surface area contributed by atoms with Crippen LogP contribution < -0.4 is 5.73 Å². The van der Waals surface area contributed by atoms with E-state index < -0.39 is 25.4 Å². The molecule has 0 radical (unpaired) electrons. The number of carbonyl (C=O) groups is 1. The number of carboxylic acid groups (broad SMARTS) is 1. The molecular weight excluding hydrogens is 153 g/mol. The largest absolute Gasteiger partial charge is 0.634 e. The molecule has 64 valence electrons. The van der Waals surface area contributed by atoms with E-state index in [1.165, 1.54) is 6.92 Å². The predicted molar refractivity (Wildman–Crippen MR) is 36.3 cm³/mol. The number of rotatable bonds is 4. The summed E-state index contributed by atoms with van der Waals surface area (Å²) in [6.07, 6.45) is -0.938. The average Bonchev–Trinajstić information content (AvgIpc) is 1.84. The van der Waals surface area contributed by atoms with E-state index in [1.807, 2.05) is 0 Å². The molecule has 6 nitrogen and oxygen atoms in total. The molecule has 0 heterocycles. The third-order valence-corrected chi connectivity index (χ3v) is 1.13. The van der Waals surface area contributed by atoms with Crippen molar-refractivity contribution in [3.05, 3.63) is 0 Å². The van der Waals surface area contributed by atoms with Crippen LogP contribution in [-0.4, -0.2) is 40.6 Å². The van der Waals surface area contributed by atoms with Crippen LogP contribution >= 0.6 is 0 Å². The standard InChI is InChI=1S/C4H10BNO5/c1-2(11-5(9)10)3(6)4(7)8/h2-3,9-10H,6H2,1H3,(H,7,8)/t2-,3+/m1/s1. The lowest BCUT2D eigenvalue weighted by atomic mass is 10.1. The topological polar surface area (TPSA) is 113 Å². The first-order valence-corrected chi connectivity index (χ1v) is 2.95. The van der Waals surface area contributed by atoms with E-state index in [9.17, 15) is 4.79 Å². The van der Waals surface area contributed by atoms with Crippen LogP contribution in [-0.2, 0) is 9.45 Å². The van der Waals surface area contributed by atoms with Gasteiger partial charge in [0.2, 0.25) is 0 Å². The molecule has 0 spiro atoms. The fraction of sp³-hybridized carbons (Fsp3) is 0.750. The Morgan fingerprint density at radius 1 is 1.64 bits per heavy atom. The zero-order valence-corrected chi connectivity index (χ0v) is 5.97. The summed E-state index contributed by atoms with van der Waals surface area (Å²) in [5, 5.41) is 24.8. The Hall–Kier alpha value is -0.625. The van der Waals surface area contributed by atoms with E-state index in [4.69, 9.17) is 20.9 Å². The molecule has 0 fully saturated rings. The minimum Gasteiger partial charge on any atom is -0.480 e. The van der Waals surface area contributed by atoms with Crippen LogP contribution in [0.25, 0.3) is 0 Å². The van der Waals surface area contributed by atoms with Gasteiger partial charge in [-0.2, -0.15) is 0 Å². The van der Waals surface area contributed by atoms with E-state index >= 15 is 0 Å². The van der Waals surface area contributed by atoms with Crippen molar-refractivity contribution in [2.75, 3.05) is 0 Å². The second-order valence-electron chi connectivity index (χ2n) is 2.03. The molecule has 7 heteroatoms. The smallest absolute Gasteiger partial charge is 0.480 e.